The number of likely N-dealkylation sites (tertiary alicyclic amines) is 1. The van der Waals surface area contributed by atoms with E-state index >= 15 is 0 Å². The second kappa shape index (κ2) is 6.34. The van der Waals surface area contributed by atoms with E-state index in [1.54, 1.807) is 18.1 Å². The minimum atomic E-state index is -0.395. The average Bonchev–Trinajstić information content (AvgIpc) is 2.98. The van der Waals surface area contributed by atoms with Gasteiger partial charge in [0.25, 0.3) is 5.91 Å². The van der Waals surface area contributed by atoms with Gasteiger partial charge in [0.2, 0.25) is 5.91 Å². The minimum Gasteiger partial charge on any atom is -0.384 e. The molecule has 1 fully saturated rings. The molecule has 1 aliphatic rings. The second-order valence-corrected chi connectivity index (χ2v) is 5.82. The number of aromatic nitrogens is 1. The van der Waals surface area contributed by atoms with Crippen LogP contribution in [0.5, 0.6) is 0 Å². The van der Waals surface area contributed by atoms with Gasteiger partial charge in [-0.1, -0.05) is 24.3 Å². The van der Waals surface area contributed by atoms with Gasteiger partial charge in [-0.3, -0.25) is 9.59 Å². The second-order valence-electron chi connectivity index (χ2n) is 5.82. The smallest absolute Gasteiger partial charge is 0.272 e. The van der Waals surface area contributed by atoms with Crippen molar-refractivity contribution < 1.29 is 14.3 Å². The van der Waals surface area contributed by atoms with Crippen molar-refractivity contribution in [1.29, 1.82) is 0 Å². The van der Waals surface area contributed by atoms with E-state index in [0.717, 1.165) is 10.9 Å². The number of methoxy groups -OCH3 is 1. The van der Waals surface area contributed by atoms with Crippen molar-refractivity contribution in [3.63, 3.8) is 0 Å². The van der Waals surface area contributed by atoms with Crippen LogP contribution >= 0.6 is 0 Å². The maximum Gasteiger partial charge on any atom is 0.272 e. The van der Waals surface area contributed by atoms with Crippen molar-refractivity contribution in [2.75, 3.05) is 26.8 Å². The molecule has 2 atom stereocenters. The number of pyridine rings is 1. The van der Waals surface area contributed by atoms with Gasteiger partial charge < -0.3 is 15.4 Å². The molecule has 0 radical (unpaired) electrons. The highest BCUT2D eigenvalue weighted by Crippen LogP contribution is 2.25. The molecular formula is C17H19N3O3. The number of nitrogens with zero attached hydrogens (tertiary/aromatic N) is 2. The van der Waals surface area contributed by atoms with Crippen molar-refractivity contribution in [2.45, 2.75) is 0 Å². The van der Waals surface area contributed by atoms with Crippen LogP contribution < -0.4 is 5.73 Å². The van der Waals surface area contributed by atoms with Gasteiger partial charge in [-0.15, -0.1) is 0 Å². The number of hydrogen-bond donors (Lipinski definition) is 1. The lowest BCUT2D eigenvalue weighted by atomic mass is 9.96. The third-order valence-electron chi connectivity index (χ3n) is 4.29. The predicted octanol–water partition coefficient (Wildman–Crippen LogP) is 1.05. The van der Waals surface area contributed by atoms with E-state index in [0.29, 0.717) is 25.4 Å². The third kappa shape index (κ3) is 3.03. The number of amides is 2. The van der Waals surface area contributed by atoms with Crippen molar-refractivity contribution in [3.05, 3.63) is 42.1 Å². The quantitative estimate of drug-likeness (QED) is 0.914. The summed E-state index contributed by atoms with van der Waals surface area (Å²) in [5, 5.41) is 0.984. The number of nitrogens with two attached hydrogens (primary N) is 1. The Bertz CT molecular complexity index is 747. The molecule has 0 unspecified atom stereocenters. The molecule has 3 rings (SSSR count). The van der Waals surface area contributed by atoms with Crippen LogP contribution in [0.3, 0.4) is 0 Å². The molecule has 120 valence electrons. The van der Waals surface area contributed by atoms with Gasteiger partial charge in [0.1, 0.15) is 5.69 Å². The highest BCUT2D eigenvalue weighted by Gasteiger charge is 2.39. The van der Waals surface area contributed by atoms with Crippen molar-refractivity contribution in [3.8, 4) is 0 Å². The summed E-state index contributed by atoms with van der Waals surface area (Å²) in [7, 11) is 1.58. The van der Waals surface area contributed by atoms with Crippen LogP contribution in [0.1, 0.15) is 10.5 Å². The summed E-state index contributed by atoms with van der Waals surface area (Å²) in [4.78, 5) is 30.3. The number of ether oxygens (including phenoxy) is 1. The Labute approximate surface area is 134 Å². The lowest BCUT2D eigenvalue weighted by molar-refractivity contribution is -0.122. The van der Waals surface area contributed by atoms with Crippen LogP contribution in [0.4, 0.5) is 0 Å². The molecule has 2 amide bonds. The largest absolute Gasteiger partial charge is 0.384 e. The Morgan fingerprint density at radius 2 is 2.04 bits per heavy atom. The van der Waals surface area contributed by atoms with E-state index in [4.69, 9.17) is 10.5 Å². The van der Waals surface area contributed by atoms with Crippen molar-refractivity contribution >= 4 is 22.7 Å². The van der Waals surface area contributed by atoms with Gasteiger partial charge in [-0.2, -0.15) is 0 Å². The Balaban J connectivity index is 1.83. The molecule has 1 aliphatic heterocycles. The third-order valence-corrected chi connectivity index (χ3v) is 4.29. The van der Waals surface area contributed by atoms with Crippen molar-refractivity contribution in [2.24, 2.45) is 17.6 Å². The van der Waals surface area contributed by atoms with Gasteiger partial charge in [-0.25, -0.2) is 4.98 Å². The summed E-state index contributed by atoms with van der Waals surface area (Å²) in [5.41, 5.74) is 6.60. The normalized spacial score (nSPS) is 20.8. The zero-order chi connectivity index (χ0) is 16.4. The highest BCUT2D eigenvalue weighted by atomic mass is 16.5. The summed E-state index contributed by atoms with van der Waals surface area (Å²) < 4.78 is 5.14. The molecule has 0 aliphatic carbocycles. The van der Waals surface area contributed by atoms with Crippen LogP contribution in [0.2, 0.25) is 0 Å². The van der Waals surface area contributed by atoms with Gasteiger partial charge >= 0.3 is 0 Å². The van der Waals surface area contributed by atoms with Crippen LogP contribution in [0.25, 0.3) is 10.9 Å². The van der Waals surface area contributed by atoms with E-state index in [2.05, 4.69) is 4.98 Å². The Kier molecular flexibility index (Phi) is 4.25. The SMILES string of the molecule is COC[C@@H]1CN(C(=O)c2ccc3ccccc3n2)C[C@H]1C(N)=O. The number of fused-ring (bicyclic) bond motifs is 1. The number of benzene rings is 1. The fourth-order valence-electron chi connectivity index (χ4n) is 3.09. The molecule has 2 N–H and O–H groups in total. The molecule has 6 nitrogen and oxygen atoms in total. The van der Waals surface area contributed by atoms with Gasteiger partial charge in [0.05, 0.1) is 18.0 Å². The molecule has 0 bridgehead atoms. The Hall–Kier alpha value is -2.47. The minimum absolute atomic E-state index is 0.0677. The highest BCUT2D eigenvalue weighted by molar-refractivity contribution is 5.95. The molecule has 0 spiro atoms. The monoisotopic (exact) mass is 313 g/mol. The molecule has 2 heterocycles. The van der Waals surface area contributed by atoms with Gasteiger partial charge in [0, 0.05) is 31.5 Å². The van der Waals surface area contributed by atoms with Crippen LogP contribution in [0, 0.1) is 11.8 Å². The van der Waals surface area contributed by atoms with E-state index in [-0.39, 0.29) is 17.7 Å². The first-order chi connectivity index (χ1) is 11.1. The van der Waals surface area contributed by atoms with E-state index in [9.17, 15) is 9.59 Å². The summed E-state index contributed by atoms with van der Waals surface area (Å²) in [6, 6.07) is 11.2. The lowest BCUT2D eigenvalue weighted by Crippen LogP contribution is -2.32. The summed E-state index contributed by atoms with van der Waals surface area (Å²) in [6.45, 7) is 1.17. The molecule has 2 aromatic rings. The maximum absolute atomic E-state index is 12.7. The molecular weight excluding hydrogens is 294 g/mol. The first-order valence-corrected chi connectivity index (χ1v) is 7.53. The zero-order valence-corrected chi connectivity index (χ0v) is 12.9. The standard InChI is InChI=1S/C17H19N3O3/c1-23-10-12-8-20(9-13(12)16(18)21)17(22)15-7-6-11-4-2-3-5-14(11)19-15/h2-7,12-13H,8-10H2,1H3,(H2,18,21)/t12-,13+/m0/s1. The molecule has 1 aromatic heterocycles. The van der Waals surface area contributed by atoms with E-state index < -0.39 is 5.91 Å². The Morgan fingerprint density at radius 1 is 1.26 bits per heavy atom. The summed E-state index contributed by atoms with van der Waals surface area (Å²) in [6.07, 6.45) is 0. The number of carbonyl (C=O) groups is 2. The summed E-state index contributed by atoms with van der Waals surface area (Å²) in [5.74, 6) is -1.02. The number of primary amides is 1. The van der Waals surface area contributed by atoms with E-state index in [1.807, 2.05) is 30.3 Å². The van der Waals surface area contributed by atoms with Crippen LogP contribution in [-0.4, -0.2) is 48.5 Å². The fourth-order valence-corrected chi connectivity index (χ4v) is 3.09. The zero-order valence-electron chi connectivity index (χ0n) is 12.9. The molecule has 23 heavy (non-hydrogen) atoms. The van der Waals surface area contributed by atoms with Gasteiger partial charge in [0.15, 0.2) is 0 Å². The lowest BCUT2D eigenvalue weighted by Gasteiger charge is -2.16. The van der Waals surface area contributed by atoms with Crippen LogP contribution in [0.15, 0.2) is 36.4 Å². The maximum atomic E-state index is 12.7. The first kappa shape index (κ1) is 15.4. The van der Waals surface area contributed by atoms with Gasteiger partial charge in [-0.05, 0) is 12.1 Å². The topological polar surface area (TPSA) is 85.5 Å². The predicted molar refractivity (Wildman–Crippen MR) is 85.7 cm³/mol. The fraction of sp³-hybridized carbons (Fsp3) is 0.353. The van der Waals surface area contributed by atoms with Crippen molar-refractivity contribution in [1.82, 2.24) is 9.88 Å². The molecule has 6 heteroatoms. The van der Waals surface area contributed by atoms with Crippen LogP contribution in [-0.2, 0) is 9.53 Å². The van der Waals surface area contributed by atoms with E-state index in [1.165, 1.54) is 0 Å². The number of rotatable bonds is 4. The molecule has 1 aromatic carbocycles. The average molecular weight is 313 g/mol. The number of carbonyl (C=O) groups excluding carboxylic acids is 2. The number of hydrogen-bond acceptors (Lipinski definition) is 4. The number of para-hydroxylation sites is 1. The first-order valence-electron chi connectivity index (χ1n) is 7.53. The molecule has 0 saturated carbocycles. The summed E-state index contributed by atoms with van der Waals surface area (Å²) >= 11 is 0. The Morgan fingerprint density at radius 3 is 2.78 bits per heavy atom. The molecule has 1 saturated heterocycles.